The largest absolute Gasteiger partial charge is 0.395 e. The lowest BCUT2D eigenvalue weighted by atomic mass is 10.2. The van der Waals surface area contributed by atoms with Gasteiger partial charge in [-0.3, -0.25) is 4.68 Å². The molecule has 0 fully saturated rings. The highest BCUT2D eigenvalue weighted by Crippen LogP contribution is 2.28. The second-order valence-electron chi connectivity index (χ2n) is 3.97. The molecule has 90 valence electrons. The van der Waals surface area contributed by atoms with Crippen LogP contribution in [0.3, 0.4) is 0 Å². The number of aryl methyl sites for hydroxylation is 3. The van der Waals surface area contributed by atoms with Crippen LogP contribution in [0.4, 0.5) is 5.69 Å². The molecule has 0 aliphatic heterocycles. The van der Waals surface area contributed by atoms with Gasteiger partial charge in [0.2, 0.25) is 0 Å². The Hall–Kier alpha value is -1.56. The van der Waals surface area contributed by atoms with E-state index in [1.807, 2.05) is 27.8 Å². The van der Waals surface area contributed by atoms with Gasteiger partial charge in [0.15, 0.2) is 5.16 Å². The molecule has 2 heterocycles. The van der Waals surface area contributed by atoms with Crippen molar-refractivity contribution in [2.24, 2.45) is 7.05 Å². The van der Waals surface area contributed by atoms with Crippen molar-refractivity contribution in [2.45, 2.75) is 31.0 Å². The van der Waals surface area contributed by atoms with E-state index in [9.17, 15) is 0 Å². The lowest BCUT2D eigenvalue weighted by molar-refractivity contribution is 0.737. The maximum atomic E-state index is 5.84. The average Bonchev–Trinajstić information content (AvgIpc) is 2.54. The molecule has 0 unspecified atom stereocenters. The molecule has 0 bridgehead atoms. The van der Waals surface area contributed by atoms with Crippen molar-refractivity contribution in [2.75, 3.05) is 5.73 Å². The fourth-order valence-corrected chi connectivity index (χ4v) is 2.32. The molecule has 0 saturated carbocycles. The van der Waals surface area contributed by atoms with Gasteiger partial charge < -0.3 is 5.73 Å². The molecule has 0 radical (unpaired) electrons. The van der Waals surface area contributed by atoms with Gasteiger partial charge in [0.05, 0.1) is 5.69 Å². The predicted molar refractivity (Wildman–Crippen MR) is 68.0 cm³/mol. The van der Waals surface area contributed by atoms with Gasteiger partial charge >= 0.3 is 0 Å². The van der Waals surface area contributed by atoms with Crippen LogP contribution < -0.4 is 5.73 Å². The Bertz CT molecular complexity index is 538. The van der Waals surface area contributed by atoms with Crippen molar-refractivity contribution in [3.63, 3.8) is 0 Å². The highest BCUT2D eigenvalue weighted by atomic mass is 32.2. The summed E-state index contributed by atoms with van der Waals surface area (Å²) in [7, 11) is 1.84. The van der Waals surface area contributed by atoms with E-state index in [0.29, 0.717) is 10.8 Å². The minimum atomic E-state index is 0.650. The van der Waals surface area contributed by atoms with Gasteiger partial charge in [0.25, 0.3) is 0 Å². The van der Waals surface area contributed by atoms with Crippen LogP contribution in [0.5, 0.6) is 0 Å². The zero-order chi connectivity index (χ0) is 12.6. The molecular formula is C11H15N5S. The zero-order valence-corrected chi connectivity index (χ0v) is 11.2. The molecule has 2 rings (SSSR count). The first-order valence-corrected chi connectivity index (χ1v) is 6.08. The highest BCUT2D eigenvalue weighted by Gasteiger charge is 2.10. The second kappa shape index (κ2) is 4.37. The molecule has 0 aromatic carbocycles. The summed E-state index contributed by atoms with van der Waals surface area (Å²) in [6.07, 6.45) is 1.77. The number of nitrogens with zero attached hydrogens (tertiary/aromatic N) is 4. The first-order valence-electron chi connectivity index (χ1n) is 5.26. The third-order valence-corrected chi connectivity index (χ3v) is 3.50. The van der Waals surface area contributed by atoms with Gasteiger partial charge in [-0.15, -0.1) is 0 Å². The third-order valence-electron chi connectivity index (χ3n) is 2.62. The van der Waals surface area contributed by atoms with E-state index in [2.05, 4.69) is 15.1 Å². The molecule has 2 aromatic heterocycles. The van der Waals surface area contributed by atoms with E-state index < -0.39 is 0 Å². The third kappa shape index (κ3) is 2.41. The number of nitrogens with two attached hydrogens (primary N) is 1. The Labute approximate surface area is 104 Å². The Balaban J connectivity index is 2.33. The van der Waals surface area contributed by atoms with Gasteiger partial charge in [0.1, 0.15) is 5.03 Å². The Morgan fingerprint density at radius 3 is 2.24 bits per heavy atom. The molecule has 5 nitrogen and oxygen atoms in total. The maximum absolute atomic E-state index is 5.84. The molecule has 6 heteroatoms. The minimum Gasteiger partial charge on any atom is -0.395 e. The van der Waals surface area contributed by atoms with Gasteiger partial charge in [-0.1, -0.05) is 0 Å². The number of anilines is 1. The lowest BCUT2D eigenvalue weighted by Crippen LogP contribution is -1.98. The highest BCUT2D eigenvalue weighted by molar-refractivity contribution is 7.99. The minimum absolute atomic E-state index is 0.650. The summed E-state index contributed by atoms with van der Waals surface area (Å²) in [5, 5.41) is 5.70. The van der Waals surface area contributed by atoms with Crippen LogP contribution in [0.15, 0.2) is 16.4 Å². The molecule has 0 aliphatic rings. The fourth-order valence-electron chi connectivity index (χ4n) is 1.44. The summed E-state index contributed by atoms with van der Waals surface area (Å²) in [5.74, 6) is 0. The van der Waals surface area contributed by atoms with Crippen molar-refractivity contribution >= 4 is 17.4 Å². The number of nitrogen functional groups attached to an aromatic ring is 1. The van der Waals surface area contributed by atoms with Crippen LogP contribution in [0.25, 0.3) is 0 Å². The smallest absolute Gasteiger partial charge is 0.194 e. The van der Waals surface area contributed by atoms with Crippen LogP contribution in [0.1, 0.15) is 17.0 Å². The van der Waals surface area contributed by atoms with Crippen molar-refractivity contribution in [3.8, 4) is 0 Å². The molecular weight excluding hydrogens is 234 g/mol. The van der Waals surface area contributed by atoms with Gasteiger partial charge in [-0.25, -0.2) is 9.97 Å². The van der Waals surface area contributed by atoms with Crippen LogP contribution >= 0.6 is 11.8 Å². The van der Waals surface area contributed by atoms with Crippen molar-refractivity contribution < 1.29 is 0 Å². The van der Waals surface area contributed by atoms with E-state index in [-0.39, 0.29) is 0 Å². The fraction of sp³-hybridized carbons (Fsp3) is 0.364. The van der Waals surface area contributed by atoms with E-state index in [1.54, 1.807) is 10.9 Å². The predicted octanol–water partition coefficient (Wildman–Crippen LogP) is 1.87. The topological polar surface area (TPSA) is 69.6 Å². The molecule has 0 amide bonds. The normalized spacial score (nSPS) is 10.8. The molecule has 17 heavy (non-hydrogen) atoms. The molecule has 0 atom stereocenters. The van der Waals surface area contributed by atoms with Gasteiger partial charge in [-0.2, -0.15) is 5.10 Å². The number of aromatic nitrogens is 4. The van der Waals surface area contributed by atoms with Crippen LogP contribution in [0.2, 0.25) is 0 Å². The van der Waals surface area contributed by atoms with Crippen LogP contribution in [0, 0.1) is 20.8 Å². The summed E-state index contributed by atoms with van der Waals surface area (Å²) in [6.45, 7) is 5.99. The standard InChI is InChI=1S/C11H15N5S/c1-6-7(2)13-11(14-8(6)3)17-10-9(12)5-16(4)15-10/h5H,12H2,1-4H3. The molecule has 2 aromatic rings. The molecule has 0 saturated heterocycles. The van der Waals surface area contributed by atoms with Crippen molar-refractivity contribution in [1.29, 1.82) is 0 Å². The summed E-state index contributed by atoms with van der Waals surface area (Å²) in [5.41, 5.74) is 9.60. The van der Waals surface area contributed by atoms with Gasteiger partial charge in [0, 0.05) is 24.6 Å². The Kier molecular flexibility index (Phi) is 3.06. The summed E-state index contributed by atoms with van der Waals surface area (Å²) >= 11 is 1.39. The van der Waals surface area contributed by atoms with Crippen molar-refractivity contribution in [3.05, 3.63) is 23.1 Å². The number of hydrogen-bond donors (Lipinski definition) is 1. The van der Waals surface area contributed by atoms with E-state index in [1.165, 1.54) is 11.8 Å². The van der Waals surface area contributed by atoms with Crippen LogP contribution in [-0.2, 0) is 7.05 Å². The van der Waals surface area contributed by atoms with E-state index in [4.69, 9.17) is 5.73 Å². The second-order valence-corrected chi connectivity index (χ2v) is 4.92. The Morgan fingerprint density at radius 1 is 1.18 bits per heavy atom. The molecule has 0 spiro atoms. The summed E-state index contributed by atoms with van der Waals surface area (Å²) in [4.78, 5) is 8.85. The molecule has 0 aliphatic carbocycles. The van der Waals surface area contributed by atoms with E-state index in [0.717, 1.165) is 22.0 Å². The van der Waals surface area contributed by atoms with E-state index >= 15 is 0 Å². The quantitative estimate of drug-likeness (QED) is 0.823. The Morgan fingerprint density at radius 2 is 1.76 bits per heavy atom. The molecule has 2 N–H and O–H groups in total. The van der Waals surface area contributed by atoms with Crippen LogP contribution in [-0.4, -0.2) is 19.7 Å². The van der Waals surface area contributed by atoms with Crippen molar-refractivity contribution in [1.82, 2.24) is 19.7 Å². The number of hydrogen-bond acceptors (Lipinski definition) is 5. The summed E-state index contributed by atoms with van der Waals surface area (Å²) in [6, 6.07) is 0. The first-order chi connectivity index (χ1) is 7.97. The maximum Gasteiger partial charge on any atom is 0.194 e. The SMILES string of the molecule is Cc1nc(Sc2nn(C)cc2N)nc(C)c1C. The summed E-state index contributed by atoms with van der Waals surface area (Å²) < 4.78 is 1.69. The average molecular weight is 249 g/mol. The number of rotatable bonds is 2. The van der Waals surface area contributed by atoms with Gasteiger partial charge in [-0.05, 0) is 38.1 Å². The zero-order valence-electron chi connectivity index (χ0n) is 10.4. The lowest BCUT2D eigenvalue weighted by Gasteiger charge is -2.05. The first kappa shape index (κ1) is 11.9. The monoisotopic (exact) mass is 249 g/mol.